The monoisotopic (exact) mass is 1010 g/mol. The van der Waals surface area contributed by atoms with Crippen LogP contribution in [0.25, 0.3) is 72.6 Å². The van der Waals surface area contributed by atoms with E-state index in [1.54, 1.807) is 12.5 Å². The van der Waals surface area contributed by atoms with Gasteiger partial charge in [-0.05, 0) is 75.0 Å². The second-order valence-corrected chi connectivity index (χ2v) is 23.9. The van der Waals surface area contributed by atoms with Crippen LogP contribution >= 0.6 is 0 Å². The van der Waals surface area contributed by atoms with Gasteiger partial charge in [0.1, 0.15) is 17.4 Å². The standard InChI is InChI=1S/C35H29N4O.C19H26NSi.Ir/c1-21(2)28-17-24(23-11-6-5-7-12-23)18-29(22(3)4)32(28)39-34(38-30-19-36-20-37-35(30)39)27-15-10-14-26-25-13-8-9-16-31(25)40-33(26)27;1-19(2,3)13-16-12-17(15-10-8-7-9-11-15)20-14-18(16)21(4,5)6;/h5-14,16-22H,1-4H3;7-10,12,14H,13H2,1-6H3;/q2*-1;. The first-order valence-electron chi connectivity index (χ1n) is 21.4. The van der Waals surface area contributed by atoms with E-state index in [1.165, 1.54) is 33.0 Å². The largest absolute Gasteiger partial charge is 0.501 e. The van der Waals surface area contributed by atoms with Crippen molar-refractivity contribution in [2.45, 2.75) is 86.4 Å². The molecule has 0 atom stereocenters. The SMILES string of the molecule is CC(C)(C)Cc1cc(-c2[c-]cccc2)ncc1[Si](C)(C)C.CC(C)c1cc(-c2ccccc2)cc(C(C)C)c1-n1c(-c2[c-]ccc3c2oc2ccccc23)nc2cncnc21.[Ir]. The molecule has 1 radical (unpaired) electrons. The smallest absolute Gasteiger partial charge is 0.158 e. The molecule has 0 aliphatic heterocycles. The molecule has 0 spiro atoms. The number of fused-ring (bicyclic) bond motifs is 4. The molecule has 0 unspecified atom stereocenters. The van der Waals surface area contributed by atoms with E-state index < -0.39 is 8.07 Å². The van der Waals surface area contributed by atoms with Crippen LogP contribution < -0.4 is 5.19 Å². The fourth-order valence-corrected chi connectivity index (χ4v) is 9.85. The predicted octanol–water partition coefficient (Wildman–Crippen LogP) is 13.8. The van der Waals surface area contributed by atoms with Gasteiger partial charge in [0, 0.05) is 37.4 Å². The summed E-state index contributed by atoms with van der Waals surface area (Å²) in [6.45, 7) is 23.1. The van der Waals surface area contributed by atoms with Gasteiger partial charge in [-0.1, -0.05) is 139 Å². The molecule has 0 aliphatic carbocycles. The number of aromatic nitrogens is 5. The van der Waals surface area contributed by atoms with Gasteiger partial charge in [-0.15, -0.1) is 54.1 Å². The molecule has 9 aromatic rings. The molecule has 0 N–H and O–H groups in total. The van der Waals surface area contributed by atoms with Crippen molar-refractivity contribution in [1.29, 1.82) is 0 Å². The van der Waals surface area contributed by atoms with Gasteiger partial charge >= 0.3 is 0 Å². The fraction of sp³-hybridized carbons (Fsp3) is 0.259. The maximum atomic E-state index is 6.44. The van der Waals surface area contributed by atoms with Crippen LogP contribution in [0.4, 0.5) is 0 Å². The number of nitrogens with zero attached hydrogens (tertiary/aromatic N) is 5. The Kier molecular flexibility index (Phi) is 13.0. The normalized spacial score (nSPS) is 11.9. The molecule has 317 valence electrons. The number of hydrogen-bond acceptors (Lipinski definition) is 5. The summed E-state index contributed by atoms with van der Waals surface area (Å²) >= 11 is 0. The average Bonchev–Trinajstić information content (AvgIpc) is 3.82. The molecular weight excluding hydrogens is 955 g/mol. The molecule has 0 amide bonds. The predicted molar refractivity (Wildman–Crippen MR) is 256 cm³/mol. The Hall–Kier alpha value is -5.53. The van der Waals surface area contributed by atoms with Crippen LogP contribution in [-0.4, -0.2) is 32.6 Å². The zero-order valence-electron chi connectivity index (χ0n) is 37.5. The summed E-state index contributed by atoms with van der Waals surface area (Å²) in [5.74, 6) is 1.26. The number of pyridine rings is 1. The summed E-state index contributed by atoms with van der Waals surface area (Å²) in [7, 11) is -1.37. The summed E-state index contributed by atoms with van der Waals surface area (Å²) in [5.41, 5.74) is 13.8. The minimum absolute atomic E-state index is 0. The van der Waals surface area contributed by atoms with E-state index in [2.05, 4.69) is 163 Å². The average molecular weight is 1010 g/mol. The first-order chi connectivity index (χ1) is 29.2. The molecule has 0 aliphatic rings. The summed E-state index contributed by atoms with van der Waals surface area (Å²) in [5, 5.41) is 3.60. The minimum Gasteiger partial charge on any atom is -0.501 e. The maximum absolute atomic E-state index is 6.44. The number of para-hydroxylation sites is 1. The first kappa shape index (κ1) is 44.5. The Labute approximate surface area is 381 Å². The summed E-state index contributed by atoms with van der Waals surface area (Å²) in [6.07, 6.45) is 6.58. The van der Waals surface area contributed by atoms with Crippen LogP contribution in [-0.2, 0) is 26.5 Å². The van der Waals surface area contributed by atoms with E-state index >= 15 is 0 Å². The molecule has 0 fully saturated rings. The van der Waals surface area contributed by atoms with Crippen LogP contribution in [0.5, 0.6) is 0 Å². The maximum Gasteiger partial charge on any atom is 0.158 e. The van der Waals surface area contributed by atoms with E-state index in [-0.39, 0.29) is 37.4 Å². The molecule has 8 heteroatoms. The quantitative estimate of drug-likeness (QED) is 0.112. The number of hydrogen-bond donors (Lipinski definition) is 0. The Bertz CT molecular complexity index is 2950. The number of benzene rings is 5. The third-order valence-electron chi connectivity index (χ3n) is 11.1. The Morgan fingerprint density at radius 2 is 1.42 bits per heavy atom. The molecular formula is C54H55IrN5OSi-2. The molecule has 4 heterocycles. The zero-order valence-corrected chi connectivity index (χ0v) is 40.9. The van der Waals surface area contributed by atoms with Crippen molar-refractivity contribution in [2.24, 2.45) is 5.41 Å². The van der Waals surface area contributed by atoms with Crippen LogP contribution in [0.3, 0.4) is 0 Å². The molecule has 4 aromatic heterocycles. The van der Waals surface area contributed by atoms with Crippen molar-refractivity contribution in [1.82, 2.24) is 24.5 Å². The topological polar surface area (TPSA) is 69.6 Å². The Morgan fingerprint density at radius 1 is 0.726 bits per heavy atom. The van der Waals surface area contributed by atoms with Gasteiger partial charge in [0.25, 0.3) is 0 Å². The van der Waals surface area contributed by atoms with Crippen LogP contribution in [0.2, 0.25) is 19.6 Å². The van der Waals surface area contributed by atoms with E-state index in [0.29, 0.717) is 0 Å². The van der Waals surface area contributed by atoms with Crippen molar-refractivity contribution in [3.8, 4) is 39.5 Å². The van der Waals surface area contributed by atoms with Gasteiger partial charge in [0.2, 0.25) is 0 Å². The molecule has 9 rings (SSSR count). The fourth-order valence-electron chi connectivity index (χ4n) is 8.27. The number of rotatable bonds is 8. The molecule has 0 bridgehead atoms. The van der Waals surface area contributed by atoms with Crippen molar-refractivity contribution >= 4 is 46.4 Å². The van der Waals surface area contributed by atoms with E-state index in [1.807, 2.05) is 42.5 Å². The van der Waals surface area contributed by atoms with Crippen molar-refractivity contribution in [3.63, 3.8) is 0 Å². The van der Waals surface area contributed by atoms with Gasteiger partial charge in [-0.2, -0.15) is 0 Å². The third-order valence-corrected chi connectivity index (χ3v) is 13.2. The first-order valence-corrected chi connectivity index (χ1v) is 24.9. The Balaban J connectivity index is 0.000000223. The second kappa shape index (κ2) is 18.1. The summed E-state index contributed by atoms with van der Waals surface area (Å²) < 4.78 is 8.64. The van der Waals surface area contributed by atoms with E-state index in [0.717, 1.165) is 67.9 Å². The molecule has 0 saturated heterocycles. The van der Waals surface area contributed by atoms with E-state index in [4.69, 9.17) is 19.4 Å². The van der Waals surface area contributed by atoms with E-state index in [9.17, 15) is 0 Å². The zero-order chi connectivity index (χ0) is 43.1. The minimum atomic E-state index is -1.37. The molecule has 0 saturated carbocycles. The van der Waals surface area contributed by atoms with Crippen LogP contribution in [0.15, 0.2) is 132 Å². The number of imidazole rings is 1. The van der Waals surface area contributed by atoms with Gasteiger partial charge in [0.15, 0.2) is 5.65 Å². The van der Waals surface area contributed by atoms with Crippen molar-refractivity contribution in [2.75, 3.05) is 0 Å². The third kappa shape index (κ3) is 9.15. The molecule has 62 heavy (non-hydrogen) atoms. The number of furan rings is 1. The molecule has 6 nitrogen and oxygen atoms in total. The van der Waals surface area contributed by atoms with Gasteiger partial charge in [0.05, 0.1) is 25.7 Å². The van der Waals surface area contributed by atoms with Gasteiger partial charge in [-0.3, -0.25) is 4.98 Å². The van der Waals surface area contributed by atoms with Crippen molar-refractivity contribution in [3.05, 3.63) is 157 Å². The second-order valence-electron chi connectivity index (χ2n) is 18.9. The Morgan fingerprint density at radius 3 is 2.08 bits per heavy atom. The van der Waals surface area contributed by atoms with Crippen LogP contribution in [0, 0.1) is 17.5 Å². The summed E-state index contributed by atoms with van der Waals surface area (Å²) in [6, 6.07) is 44.5. The van der Waals surface area contributed by atoms with Crippen molar-refractivity contribution < 1.29 is 24.5 Å². The van der Waals surface area contributed by atoms with Gasteiger partial charge < -0.3 is 14.0 Å². The van der Waals surface area contributed by atoms with Gasteiger partial charge in [-0.25, -0.2) is 9.97 Å². The van der Waals surface area contributed by atoms with Crippen LogP contribution in [0.1, 0.15) is 77.0 Å². The summed E-state index contributed by atoms with van der Waals surface area (Å²) in [4.78, 5) is 18.9. The molecule has 5 aromatic carbocycles.